The molecule has 1 aromatic carbocycles. The summed E-state index contributed by atoms with van der Waals surface area (Å²) < 4.78 is 13.1. The highest BCUT2D eigenvalue weighted by molar-refractivity contribution is 5.60. The molecule has 0 amide bonds. The van der Waals surface area contributed by atoms with Crippen molar-refractivity contribution < 1.29 is 9.23 Å². The average Bonchev–Trinajstić information content (AvgIpc) is 2.17. The summed E-state index contributed by atoms with van der Waals surface area (Å²) in [5.74, 6) is 0.335. The molecular formula is C12H14FNO. The average molecular weight is 207 g/mol. The van der Waals surface area contributed by atoms with Crippen molar-refractivity contribution in [2.24, 2.45) is 11.1 Å². The largest absolute Gasteiger partial charge is 0.391 e. The van der Waals surface area contributed by atoms with E-state index in [1.54, 1.807) is 18.2 Å². The summed E-state index contributed by atoms with van der Waals surface area (Å²) in [7, 11) is 0. The minimum Gasteiger partial charge on any atom is -0.391 e. The van der Waals surface area contributed by atoms with Gasteiger partial charge in [0.1, 0.15) is 12.4 Å². The SMILES string of the molecule is Fc1ccccc1CON=CC1CCC1. The monoisotopic (exact) mass is 207 g/mol. The standard InChI is InChI=1S/C12H14FNO/c13-12-7-2-1-6-11(12)9-15-14-8-10-4-3-5-10/h1-2,6-8,10H,3-5,9H2. The first-order valence-corrected chi connectivity index (χ1v) is 5.25. The number of rotatable bonds is 4. The van der Waals surface area contributed by atoms with Crippen LogP contribution in [0, 0.1) is 11.7 Å². The lowest BCUT2D eigenvalue weighted by molar-refractivity contribution is 0.127. The van der Waals surface area contributed by atoms with Gasteiger partial charge < -0.3 is 4.84 Å². The molecule has 0 unspecified atom stereocenters. The fourth-order valence-electron chi connectivity index (χ4n) is 1.44. The number of nitrogens with zero attached hydrogens (tertiary/aromatic N) is 1. The smallest absolute Gasteiger partial charge is 0.145 e. The highest BCUT2D eigenvalue weighted by atomic mass is 19.1. The molecule has 1 aliphatic rings. The molecular weight excluding hydrogens is 193 g/mol. The van der Waals surface area contributed by atoms with Crippen LogP contribution in [-0.4, -0.2) is 6.21 Å². The Bertz CT molecular complexity index is 347. The molecule has 2 rings (SSSR count). The second-order valence-electron chi connectivity index (χ2n) is 3.81. The van der Waals surface area contributed by atoms with Gasteiger partial charge in [-0.05, 0) is 24.8 Å². The molecule has 15 heavy (non-hydrogen) atoms. The van der Waals surface area contributed by atoms with Gasteiger partial charge in [0.2, 0.25) is 0 Å². The molecule has 1 fully saturated rings. The van der Waals surface area contributed by atoms with Gasteiger partial charge in [0, 0.05) is 11.8 Å². The molecule has 0 aromatic heterocycles. The van der Waals surface area contributed by atoms with Crippen LogP contribution < -0.4 is 0 Å². The predicted molar refractivity (Wildman–Crippen MR) is 57.0 cm³/mol. The highest BCUT2D eigenvalue weighted by Gasteiger charge is 2.14. The van der Waals surface area contributed by atoms with E-state index in [9.17, 15) is 4.39 Å². The van der Waals surface area contributed by atoms with Crippen molar-refractivity contribution in [2.45, 2.75) is 25.9 Å². The van der Waals surface area contributed by atoms with E-state index >= 15 is 0 Å². The van der Waals surface area contributed by atoms with Crippen LogP contribution in [-0.2, 0) is 11.4 Å². The molecule has 0 N–H and O–H groups in total. The third-order valence-electron chi connectivity index (χ3n) is 2.67. The Morgan fingerprint density at radius 3 is 2.87 bits per heavy atom. The van der Waals surface area contributed by atoms with E-state index in [1.807, 2.05) is 6.21 Å². The summed E-state index contributed by atoms with van der Waals surface area (Å²) >= 11 is 0. The fourth-order valence-corrected chi connectivity index (χ4v) is 1.44. The third kappa shape index (κ3) is 2.78. The maximum absolute atomic E-state index is 13.1. The van der Waals surface area contributed by atoms with Gasteiger partial charge >= 0.3 is 0 Å². The molecule has 2 nitrogen and oxygen atoms in total. The van der Waals surface area contributed by atoms with Gasteiger partial charge in [-0.25, -0.2) is 4.39 Å². The van der Waals surface area contributed by atoms with Gasteiger partial charge in [0.05, 0.1) is 0 Å². The zero-order chi connectivity index (χ0) is 10.5. The van der Waals surface area contributed by atoms with E-state index in [0.29, 0.717) is 11.5 Å². The van der Waals surface area contributed by atoms with Gasteiger partial charge in [-0.2, -0.15) is 0 Å². The Kier molecular flexibility index (Phi) is 3.33. The van der Waals surface area contributed by atoms with Crippen molar-refractivity contribution in [3.05, 3.63) is 35.6 Å². The summed E-state index contributed by atoms with van der Waals surface area (Å²) in [6.07, 6.45) is 5.51. The minimum absolute atomic E-state index is 0.204. The first-order valence-electron chi connectivity index (χ1n) is 5.25. The van der Waals surface area contributed by atoms with Crippen molar-refractivity contribution >= 4 is 6.21 Å². The van der Waals surface area contributed by atoms with Crippen LogP contribution in [0.3, 0.4) is 0 Å². The van der Waals surface area contributed by atoms with Gasteiger partial charge in [-0.1, -0.05) is 29.8 Å². The van der Waals surface area contributed by atoms with E-state index in [-0.39, 0.29) is 12.4 Å². The van der Waals surface area contributed by atoms with E-state index in [2.05, 4.69) is 5.16 Å². The number of hydrogen-bond donors (Lipinski definition) is 0. The molecule has 1 aliphatic carbocycles. The van der Waals surface area contributed by atoms with Crippen molar-refractivity contribution in [2.75, 3.05) is 0 Å². The van der Waals surface area contributed by atoms with Crippen molar-refractivity contribution in [3.8, 4) is 0 Å². The Morgan fingerprint density at radius 2 is 2.20 bits per heavy atom. The first-order chi connectivity index (χ1) is 7.36. The fraction of sp³-hybridized carbons (Fsp3) is 0.417. The number of benzene rings is 1. The first kappa shape index (κ1) is 10.1. The lowest BCUT2D eigenvalue weighted by Crippen LogP contribution is -2.11. The van der Waals surface area contributed by atoms with E-state index in [0.717, 1.165) is 0 Å². The van der Waals surface area contributed by atoms with Crippen LogP contribution >= 0.6 is 0 Å². The molecule has 0 radical (unpaired) electrons. The molecule has 0 saturated heterocycles. The van der Waals surface area contributed by atoms with Crippen LogP contribution in [0.2, 0.25) is 0 Å². The van der Waals surface area contributed by atoms with Crippen LogP contribution in [0.5, 0.6) is 0 Å². The molecule has 3 heteroatoms. The Hall–Kier alpha value is -1.38. The maximum atomic E-state index is 13.1. The third-order valence-corrected chi connectivity index (χ3v) is 2.67. The van der Waals surface area contributed by atoms with Gasteiger partial charge in [-0.15, -0.1) is 0 Å². The summed E-state index contributed by atoms with van der Waals surface area (Å²) in [4.78, 5) is 5.04. The molecule has 80 valence electrons. The zero-order valence-electron chi connectivity index (χ0n) is 8.53. The molecule has 1 aromatic rings. The van der Waals surface area contributed by atoms with E-state index in [4.69, 9.17) is 4.84 Å². The number of hydrogen-bond acceptors (Lipinski definition) is 2. The second-order valence-corrected chi connectivity index (χ2v) is 3.81. The van der Waals surface area contributed by atoms with Gasteiger partial charge in [0.25, 0.3) is 0 Å². The Morgan fingerprint density at radius 1 is 1.40 bits per heavy atom. The van der Waals surface area contributed by atoms with Gasteiger partial charge in [-0.3, -0.25) is 0 Å². The summed E-state index contributed by atoms with van der Waals surface area (Å²) in [5.41, 5.74) is 0.545. The summed E-state index contributed by atoms with van der Waals surface area (Å²) in [6.45, 7) is 0.204. The van der Waals surface area contributed by atoms with Crippen LogP contribution in [0.1, 0.15) is 24.8 Å². The van der Waals surface area contributed by atoms with Crippen LogP contribution in [0.25, 0.3) is 0 Å². The molecule has 0 heterocycles. The van der Waals surface area contributed by atoms with Crippen LogP contribution in [0.4, 0.5) is 4.39 Å². The number of oxime groups is 1. The molecule has 1 saturated carbocycles. The molecule has 0 bridgehead atoms. The van der Waals surface area contributed by atoms with E-state index < -0.39 is 0 Å². The topological polar surface area (TPSA) is 21.6 Å². The molecule has 0 aliphatic heterocycles. The Labute approximate surface area is 88.7 Å². The van der Waals surface area contributed by atoms with Crippen molar-refractivity contribution in [1.82, 2.24) is 0 Å². The highest BCUT2D eigenvalue weighted by Crippen LogP contribution is 2.24. The van der Waals surface area contributed by atoms with Crippen molar-refractivity contribution in [1.29, 1.82) is 0 Å². The maximum Gasteiger partial charge on any atom is 0.145 e. The zero-order valence-corrected chi connectivity index (χ0v) is 8.53. The predicted octanol–water partition coefficient (Wildman–Crippen LogP) is 3.13. The minimum atomic E-state index is -0.239. The van der Waals surface area contributed by atoms with Gasteiger partial charge in [0.15, 0.2) is 0 Å². The van der Waals surface area contributed by atoms with Crippen LogP contribution in [0.15, 0.2) is 29.4 Å². The summed E-state index contributed by atoms with van der Waals surface area (Å²) in [5, 5.41) is 3.84. The lowest BCUT2D eigenvalue weighted by Gasteiger charge is -2.19. The van der Waals surface area contributed by atoms with Crippen molar-refractivity contribution in [3.63, 3.8) is 0 Å². The second kappa shape index (κ2) is 4.91. The quantitative estimate of drug-likeness (QED) is 0.549. The van der Waals surface area contributed by atoms with E-state index in [1.165, 1.54) is 25.3 Å². The molecule has 0 spiro atoms. The summed E-state index contributed by atoms with van der Waals surface area (Å²) in [6, 6.07) is 6.58. The Balaban J connectivity index is 1.77. The molecule has 0 atom stereocenters. The lowest BCUT2D eigenvalue weighted by atomic mass is 9.87. The normalized spacial score (nSPS) is 16.6. The number of halogens is 1.